The van der Waals surface area contributed by atoms with Crippen LogP contribution in [-0.4, -0.2) is 41.2 Å². The molecule has 0 bridgehead atoms. The van der Waals surface area contributed by atoms with Crippen LogP contribution in [0.1, 0.15) is 16.8 Å². The number of nitrogens with zero attached hydrogens (tertiary/aromatic N) is 2. The zero-order chi connectivity index (χ0) is 13.1. The number of hydrogen-bond donors (Lipinski definition) is 1. The number of benzene rings is 1. The van der Waals surface area contributed by atoms with Gasteiger partial charge in [0.1, 0.15) is 0 Å². The number of aromatic carboxylic acids is 1. The second kappa shape index (κ2) is 5.23. The molecule has 0 saturated carbocycles. The molecule has 0 saturated heterocycles. The van der Waals surface area contributed by atoms with Gasteiger partial charge in [-0.1, -0.05) is 12.1 Å². The van der Waals surface area contributed by atoms with Gasteiger partial charge in [0.15, 0.2) is 0 Å². The third-order valence-corrected chi connectivity index (χ3v) is 3.02. The van der Waals surface area contributed by atoms with Crippen molar-refractivity contribution in [1.82, 2.24) is 9.47 Å². The van der Waals surface area contributed by atoms with E-state index in [1.165, 1.54) is 0 Å². The summed E-state index contributed by atoms with van der Waals surface area (Å²) in [5, 5.41) is 10.2. The van der Waals surface area contributed by atoms with Crippen molar-refractivity contribution >= 4 is 16.9 Å². The Morgan fingerprint density at radius 2 is 2.11 bits per heavy atom. The van der Waals surface area contributed by atoms with Gasteiger partial charge in [-0.2, -0.15) is 0 Å². The van der Waals surface area contributed by atoms with Crippen molar-refractivity contribution < 1.29 is 9.90 Å². The van der Waals surface area contributed by atoms with Crippen LogP contribution in [0.5, 0.6) is 0 Å². The number of aryl methyl sites for hydroxylation is 1. The van der Waals surface area contributed by atoms with Gasteiger partial charge in [0, 0.05) is 18.1 Å². The molecule has 0 atom stereocenters. The van der Waals surface area contributed by atoms with Gasteiger partial charge in [-0.25, -0.2) is 4.79 Å². The average Bonchev–Trinajstić information content (AvgIpc) is 2.72. The molecule has 0 radical (unpaired) electrons. The third kappa shape index (κ3) is 2.54. The Morgan fingerprint density at radius 1 is 1.33 bits per heavy atom. The maximum atomic E-state index is 11.2. The Morgan fingerprint density at radius 3 is 2.78 bits per heavy atom. The van der Waals surface area contributed by atoms with E-state index in [0.29, 0.717) is 5.56 Å². The van der Waals surface area contributed by atoms with Gasteiger partial charge in [0.05, 0.1) is 11.1 Å². The number of hydrogen-bond acceptors (Lipinski definition) is 2. The number of rotatable bonds is 5. The molecule has 0 spiro atoms. The van der Waals surface area contributed by atoms with E-state index in [1.807, 2.05) is 37.0 Å². The van der Waals surface area contributed by atoms with Crippen LogP contribution < -0.4 is 0 Å². The van der Waals surface area contributed by atoms with Crippen molar-refractivity contribution in [2.75, 3.05) is 20.6 Å². The van der Waals surface area contributed by atoms with Gasteiger partial charge in [-0.3, -0.25) is 0 Å². The van der Waals surface area contributed by atoms with E-state index in [0.717, 1.165) is 30.4 Å². The summed E-state index contributed by atoms with van der Waals surface area (Å²) in [4.78, 5) is 13.4. The van der Waals surface area contributed by atoms with Crippen molar-refractivity contribution in [2.24, 2.45) is 0 Å². The standard InChI is InChI=1S/C14H18N2O2/c1-15(2)8-4-9-16-10-7-11-5-3-6-12(13(11)16)14(17)18/h3,5-7,10H,4,8-9H2,1-2H3,(H,17,18). The fourth-order valence-corrected chi connectivity index (χ4v) is 2.18. The number of carboxylic acid groups (broad SMARTS) is 1. The highest BCUT2D eigenvalue weighted by Gasteiger charge is 2.11. The maximum absolute atomic E-state index is 11.2. The largest absolute Gasteiger partial charge is 0.478 e. The lowest BCUT2D eigenvalue weighted by Gasteiger charge is -2.11. The fraction of sp³-hybridized carbons (Fsp3) is 0.357. The smallest absolute Gasteiger partial charge is 0.337 e. The van der Waals surface area contributed by atoms with E-state index in [-0.39, 0.29) is 0 Å². The highest BCUT2D eigenvalue weighted by molar-refractivity contribution is 6.02. The van der Waals surface area contributed by atoms with Gasteiger partial charge < -0.3 is 14.6 Å². The van der Waals surface area contributed by atoms with Crippen molar-refractivity contribution in [3.63, 3.8) is 0 Å². The first-order chi connectivity index (χ1) is 8.59. The van der Waals surface area contributed by atoms with E-state index in [1.54, 1.807) is 12.1 Å². The highest BCUT2D eigenvalue weighted by Crippen LogP contribution is 2.20. The van der Waals surface area contributed by atoms with Crippen molar-refractivity contribution in [2.45, 2.75) is 13.0 Å². The lowest BCUT2D eigenvalue weighted by Crippen LogP contribution is -2.15. The summed E-state index contributed by atoms with van der Waals surface area (Å²) in [6, 6.07) is 7.37. The highest BCUT2D eigenvalue weighted by atomic mass is 16.4. The predicted octanol–water partition coefficient (Wildman–Crippen LogP) is 2.29. The first kappa shape index (κ1) is 12.6. The fourth-order valence-electron chi connectivity index (χ4n) is 2.18. The first-order valence-electron chi connectivity index (χ1n) is 6.05. The molecule has 1 aromatic carbocycles. The van der Waals surface area contributed by atoms with Crippen molar-refractivity contribution in [1.29, 1.82) is 0 Å². The number of aromatic nitrogens is 1. The van der Waals surface area contributed by atoms with E-state index in [2.05, 4.69) is 4.90 Å². The van der Waals surface area contributed by atoms with E-state index in [9.17, 15) is 9.90 Å². The van der Waals surface area contributed by atoms with Gasteiger partial charge in [0.25, 0.3) is 0 Å². The summed E-state index contributed by atoms with van der Waals surface area (Å²) in [6.45, 7) is 1.83. The maximum Gasteiger partial charge on any atom is 0.337 e. The lowest BCUT2D eigenvalue weighted by molar-refractivity contribution is 0.0698. The van der Waals surface area contributed by atoms with Crippen LogP contribution in [-0.2, 0) is 6.54 Å². The molecule has 2 rings (SSSR count). The Balaban J connectivity index is 2.30. The predicted molar refractivity (Wildman–Crippen MR) is 72.1 cm³/mol. The molecule has 0 aliphatic rings. The van der Waals surface area contributed by atoms with E-state index in [4.69, 9.17) is 0 Å². The summed E-state index contributed by atoms with van der Waals surface area (Å²) in [7, 11) is 4.08. The molecule has 4 nitrogen and oxygen atoms in total. The Kier molecular flexibility index (Phi) is 3.67. The van der Waals surface area contributed by atoms with Crippen molar-refractivity contribution in [3.05, 3.63) is 36.0 Å². The summed E-state index contributed by atoms with van der Waals surface area (Å²) in [5.41, 5.74) is 1.20. The molecule has 1 N–H and O–H groups in total. The Hall–Kier alpha value is -1.81. The number of carboxylic acids is 1. The number of carbonyl (C=O) groups is 1. The topological polar surface area (TPSA) is 45.5 Å². The molecule has 0 aliphatic heterocycles. The molecule has 0 aliphatic carbocycles. The summed E-state index contributed by atoms with van der Waals surface area (Å²) >= 11 is 0. The minimum absolute atomic E-state index is 0.377. The van der Waals surface area contributed by atoms with Crippen LogP contribution in [0, 0.1) is 0 Å². The molecule has 1 heterocycles. The molecule has 4 heteroatoms. The first-order valence-corrected chi connectivity index (χ1v) is 6.05. The van der Waals surface area contributed by atoms with E-state index < -0.39 is 5.97 Å². The number of para-hydroxylation sites is 1. The quantitative estimate of drug-likeness (QED) is 0.880. The number of fused-ring (bicyclic) bond motifs is 1. The average molecular weight is 246 g/mol. The molecule has 96 valence electrons. The van der Waals surface area contributed by atoms with E-state index >= 15 is 0 Å². The van der Waals surface area contributed by atoms with Gasteiger partial charge in [-0.05, 0) is 39.2 Å². The van der Waals surface area contributed by atoms with Crippen LogP contribution in [0.4, 0.5) is 0 Å². The Labute approximate surface area is 106 Å². The summed E-state index contributed by atoms with van der Waals surface area (Å²) in [6.07, 6.45) is 2.97. The summed E-state index contributed by atoms with van der Waals surface area (Å²) in [5.74, 6) is -0.867. The van der Waals surface area contributed by atoms with Crippen LogP contribution in [0.25, 0.3) is 10.9 Å². The normalized spacial score (nSPS) is 11.3. The third-order valence-electron chi connectivity index (χ3n) is 3.02. The second-order valence-electron chi connectivity index (χ2n) is 4.71. The van der Waals surface area contributed by atoms with Crippen molar-refractivity contribution in [3.8, 4) is 0 Å². The molecule has 18 heavy (non-hydrogen) atoms. The van der Waals surface area contributed by atoms with Crippen LogP contribution in [0.3, 0.4) is 0 Å². The van der Waals surface area contributed by atoms with Gasteiger partial charge in [-0.15, -0.1) is 0 Å². The molecule has 0 amide bonds. The molecular weight excluding hydrogens is 228 g/mol. The minimum atomic E-state index is -0.867. The molecule has 2 aromatic rings. The van der Waals surface area contributed by atoms with Crippen LogP contribution >= 0.6 is 0 Å². The second-order valence-corrected chi connectivity index (χ2v) is 4.71. The zero-order valence-electron chi connectivity index (χ0n) is 10.8. The minimum Gasteiger partial charge on any atom is -0.478 e. The van der Waals surface area contributed by atoms with Crippen LogP contribution in [0.2, 0.25) is 0 Å². The van der Waals surface area contributed by atoms with Crippen LogP contribution in [0.15, 0.2) is 30.5 Å². The zero-order valence-corrected chi connectivity index (χ0v) is 10.8. The molecule has 0 unspecified atom stereocenters. The SMILES string of the molecule is CN(C)CCCn1ccc2cccc(C(=O)O)c21. The molecule has 0 fully saturated rings. The lowest BCUT2D eigenvalue weighted by atomic mass is 10.1. The monoisotopic (exact) mass is 246 g/mol. The summed E-state index contributed by atoms with van der Waals surface area (Å²) < 4.78 is 2.03. The van der Waals surface area contributed by atoms with Gasteiger partial charge in [0.2, 0.25) is 0 Å². The molecular formula is C14H18N2O2. The van der Waals surface area contributed by atoms with Gasteiger partial charge >= 0.3 is 5.97 Å². The molecule has 1 aromatic heterocycles. The Bertz CT molecular complexity index is 558.